The average Bonchev–Trinajstić information content (AvgIpc) is 2.41. The fourth-order valence-electron chi connectivity index (χ4n) is 1.74. The Morgan fingerprint density at radius 1 is 1.22 bits per heavy atom. The Morgan fingerprint density at radius 2 is 1.94 bits per heavy atom. The third-order valence-corrected chi connectivity index (χ3v) is 2.84. The molecule has 0 bridgehead atoms. The summed E-state index contributed by atoms with van der Waals surface area (Å²) >= 11 is 0. The van der Waals surface area contributed by atoms with Crippen LogP contribution < -0.4 is 4.74 Å². The van der Waals surface area contributed by atoms with E-state index in [1.54, 1.807) is 6.07 Å². The number of nitrogens with zero attached hydrogens (tertiary/aromatic N) is 2. The molecule has 0 aliphatic rings. The molecule has 0 saturated carbocycles. The summed E-state index contributed by atoms with van der Waals surface area (Å²) < 4.78 is 5.63. The molecule has 3 heteroatoms. The first kappa shape index (κ1) is 14.5. The highest BCUT2D eigenvalue weighted by Crippen LogP contribution is 2.16. The molecule has 0 aliphatic carbocycles. The molecule has 0 aromatic heterocycles. The Labute approximate surface area is 110 Å². The van der Waals surface area contributed by atoms with E-state index in [-0.39, 0.29) is 0 Å². The molecular weight excluding hydrogens is 224 g/mol. The van der Waals surface area contributed by atoms with Gasteiger partial charge >= 0.3 is 0 Å². The minimum Gasteiger partial charge on any atom is -0.492 e. The molecule has 0 fully saturated rings. The predicted molar refractivity (Wildman–Crippen MR) is 73.7 cm³/mol. The Bertz CT molecular complexity index is 384. The molecule has 0 radical (unpaired) electrons. The normalized spacial score (nSPS) is 10.3. The summed E-state index contributed by atoms with van der Waals surface area (Å²) in [4.78, 5) is 2.32. The van der Waals surface area contributed by atoms with E-state index < -0.39 is 0 Å². The van der Waals surface area contributed by atoms with Gasteiger partial charge in [-0.3, -0.25) is 0 Å². The summed E-state index contributed by atoms with van der Waals surface area (Å²) in [6.07, 6.45) is 3.46. The molecule has 0 atom stereocenters. The first-order valence-corrected chi connectivity index (χ1v) is 6.58. The van der Waals surface area contributed by atoms with E-state index in [2.05, 4.69) is 24.9 Å². The first-order valence-electron chi connectivity index (χ1n) is 6.58. The highest BCUT2D eigenvalue weighted by molar-refractivity contribution is 5.42. The van der Waals surface area contributed by atoms with Crippen molar-refractivity contribution in [1.82, 2.24) is 4.90 Å². The molecule has 3 nitrogen and oxygen atoms in total. The minimum atomic E-state index is 0.608. The Morgan fingerprint density at radius 3 is 2.67 bits per heavy atom. The summed E-state index contributed by atoms with van der Waals surface area (Å²) in [6.45, 7) is 5.05. The molecule has 1 aromatic rings. The maximum atomic E-state index is 8.92. The van der Waals surface area contributed by atoms with Crippen molar-refractivity contribution in [2.24, 2.45) is 0 Å². The summed E-state index contributed by atoms with van der Waals surface area (Å²) in [5.41, 5.74) is 0.608. The zero-order valence-corrected chi connectivity index (χ0v) is 11.4. The minimum absolute atomic E-state index is 0.608. The molecule has 98 valence electrons. The lowest BCUT2D eigenvalue weighted by molar-refractivity contribution is 0.260. The molecule has 1 rings (SSSR count). The Kier molecular flexibility index (Phi) is 6.90. The van der Waals surface area contributed by atoms with Crippen LogP contribution in [0.15, 0.2) is 24.3 Å². The monoisotopic (exact) mass is 246 g/mol. The quantitative estimate of drug-likeness (QED) is 0.661. The third-order valence-electron chi connectivity index (χ3n) is 2.84. The number of para-hydroxylation sites is 1. The second-order valence-electron chi connectivity index (χ2n) is 4.47. The number of hydrogen-bond acceptors (Lipinski definition) is 3. The number of benzene rings is 1. The Balaban J connectivity index is 2.24. The van der Waals surface area contributed by atoms with E-state index in [4.69, 9.17) is 10.00 Å². The number of nitriles is 1. The number of hydrogen-bond donors (Lipinski definition) is 0. The van der Waals surface area contributed by atoms with Crippen LogP contribution in [0.1, 0.15) is 31.7 Å². The topological polar surface area (TPSA) is 36.3 Å². The van der Waals surface area contributed by atoms with Crippen LogP contribution in [0.3, 0.4) is 0 Å². The highest BCUT2D eigenvalue weighted by atomic mass is 16.5. The largest absolute Gasteiger partial charge is 0.492 e. The van der Waals surface area contributed by atoms with Gasteiger partial charge in [-0.1, -0.05) is 25.5 Å². The van der Waals surface area contributed by atoms with Crippen LogP contribution >= 0.6 is 0 Å². The zero-order chi connectivity index (χ0) is 13.2. The van der Waals surface area contributed by atoms with Gasteiger partial charge in [0.25, 0.3) is 0 Å². The lowest BCUT2D eigenvalue weighted by Gasteiger charge is -2.16. The standard InChI is InChI=1S/C15H22N2O/c1-3-4-10-17(2)11-7-12-18-15-9-6-5-8-14(15)13-16/h5-6,8-9H,3-4,7,10-12H2,1-2H3. The van der Waals surface area contributed by atoms with Crippen LogP contribution in [-0.4, -0.2) is 31.6 Å². The van der Waals surface area contributed by atoms with Gasteiger partial charge in [0.05, 0.1) is 12.2 Å². The predicted octanol–water partition coefficient (Wildman–Crippen LogP) is 3.06. The SMILES string of the molecule is CCCCN(C)CCCOc1ccccc1C#N. The van der Waals surface area contributed by atoms with Crippen molar-refractivity contribution in [1.29, 1.82) is 5.26 Å². The molecule has 0 heterocycles. The third kappa shape index (κ3) is 5.20. The van der Waals surface area contributed by atoms with E-state index in [1.807, 2.05) is 18.2 Å². The zero-order valence-electron chi connectivity index (χ0n) is 11.4. The average molecular weight is 246 g/mol. The fraction of sp³-hybridized carbons (Fsp3) is 0.533. The van der Waals surface area contributed by atoms with E-state index in [9.17, 15) is 0 Å². The molecule has 1 aromatic carbocycles. The van der Waals surface area contributed by atoms with Gasteiger partial charge in [0.15, 0.2) is 0 Å². The second-order valence-corrected chi connectivity index (χ2v) is 4.47. The highest BCUT2D eigenvalue weighted by Gasteiger charge is 2.02. The van der Waals surface area contributed by atoms with Gasteiger partial charge in [0.1, 0.15) is 11.8 Å². The van der Waals surface area contributed by atoms with Gasteiger partial charge in [0, 0.05) is 6.54 Å². The van der Waals surface area contributed by atoms with Crippen LogP contribution in [0, 0.1) is 11.3 Å². The number of ether oxygens (including phenoxy) is 1. The maximum absolute atomic E-state index is 8.92. The van der Waals surface area contributed by atoms with Gasteiger partial charge < -0.3 is 9.64 Å². The summed E-state index contributed by atoms with van der Waals surface area (Å²) in [7, 11) is 2.14. The van der Waals surface area contributed by atoms with Crippen molar-refractivity contribution in [3.8, 4) is 11.8 Å². The summed E-state index contributed by atoms with van der Waals surface area (Å²) in [5.74, 6) is 0.691. The molecule has 0 amide bonds. The second kappa shape index (κ2) is 8.54. The smallest absolute Gasteiger partial charge is 0.137 e. The molecular formula is C15H22N2O. The van der Waals surface area contributed by atoms with Crippen molar-refractivity contribution in [2.75, 3.05) is 26.7 Å². The van der Waals surface area contributed by atoms with Crippen LogP contribution in [0.2, 0.25) is 0 Å². The summed E-state index contributed by atoms with van der Waals surface area (Å²) in [5, 5.41) is 8.92. The molecule has 18 heavy (non-hydrogen) atoms. The number of rotatable bonds is 8. The molecule has 0 aliphatic heterocycles. The van der Waals surface area contributed by atoms with Crippen molar-refractivity contribution in [3.05, 3.63) is 29.8 Å². The van der Waals surface area contributed by atoms with Gasteiger partial charge in [-0.25, -0.2) is 0 Å². The van der Waals surface area contributed by atoms with E-state index >= 15 is 0 Å². The maximum Gasteiger partial charge on any atom is 0.137 e. The molecule has 0 unspecified atom stereocenters. The van der Waals surface area contributed by atoms with Crippen LogP contribution in [0.5, 0.6) is 5.75 Å². The van der Waals surface area contributed by atoms with Gasteiger partial charge in [-0.2, -0.15) is 5.26 Å². The van der Waals surface area contributed by atoms with Crippen molar-refractivity contribution in [3.63, 3.8) is 0 Å². The van der Waals surface area contributed by atoms with Crippen LogP contribution in [-0.2, 0) is 0 Å². The lowest BCUT2D eigenvalue weighted by atomic mass is 10.2. The van der Waals surface area contributed by atoms with Crippen molar-refractivity contribution >= 4 is 0 Å². The Hall–Kier alpha value is -1.53. The van der Waals surface area contributed by atoms with Gasteiger partial charge in [-0.15, -0.1) is 0 Å². The fourth-order valence-corrected chi connectivity index (χ4v) is 1.74. The van der Waals surface area contributed by atoms with Gasteiger partial charge in [0.2, 0.25) is 0 Å². The van der Waals surface area contributed by atoms with Crippen LogP contribution in [0.4, 0.5) is 0 Å². The van der Waals surface area contributed by atoms with Crippen LogP contribution in [0.25, 0.3) is 0 Å². The first-order chi connectivity index (χ1) is 8.77. The lowest BCUT2D eigenvalue weighted by Crippen LogP contribution is -2.22. The van der Waals surface area contributed by atoms with E-state index in [0.717, 1.165) is 19.5 Å². The van der Waals surface area contributed by atoms with E-state index in [0.29, 0.717) is 17.9 Å². The van der Waals surface area contributed by atoms with Crippen molar-refractivity contribution in [2.45, 2.75) is 26.2 Å². The number of unbranched alkanes of at least 4 members (excludes halogenated alkanes) is 1. The molecule has 0 N–H and O–H groups in total. The molecule has 0 spiro atoms. The molecule has 0 saturated heterocycles. The van der Waals surface area contributed by atoms with E-state index in [1.165, 1.54) is 12.8 Å². The van der Waals surface area contributed by atoms with Gasteiger partial charge in [-0.05, 0) is 38.6 Å². The van der Waals surface area contributed by atoms with Crippen molar-refractivity contribution < 1.29 is 4.74 Å². The summed E-state index contributed by atoms with van der Waals surface area (Å²) in [6, 6.07) is 9.51.